The Balaban J connectivity index is 1.90. The van der Waals surface area contributed by atoms with Crippen molar-refractivity contribution in [3.8, 4) is 11.3 Å². The molecule has 7 nitrogen and oxygen atoms in total. The van der Waals surface area contributed by atoms with Crippen LogP contribution in [0.5, 0.6) is 0 Å². The standard InChI is InChI=1S/C17H17N5O2/c1-12(23)19-15-5-3-4-13(8-15)10-22-17(24)7-6-16(20-22)14-9-18-21(2)11-14/h3-9,11H,10H2,1-2H3,(H,19,23). The summed E-state index contributed by atoms with van der Waals surface area (Å²) in [6, 6.07) is 10.5. The number of carbonyl (C=O) groups excluding carboxylic acids is 1. The van der Waals surface area contributed by atoms with E-state index in [1.807, 2.05) is 31.4 Å². The van der Waals surface area contributed by atoms with Gasteiger partial charge >= 0.3 is 0 Å². The minimum atomic E-state index is -0.187. The van der Waals surface area contributed by atoms with Crippen LogP contribution in [0.2, 0.25) is 0 Å². The monoisotopic (exact) mass is 323 g/mol. The van der Waals surface area contributed by atoms with Gasteiger partial charge in [-0.15, -0.1) is 0 Å². The maximum atomic E-state index is 12.1. The highest BCUT2D eigenvalue weighted by Gasteiger charge is 2.06. The molecular weight excluding hydrogens is 306 g/mol. The zero-order valence-electron chi connectivity index (χ0n) is 13.4. The Kier molecular flexibility index (Phi) is 4.24. The molecule has 0 radical (unpaired) electrons. The Morgan fingerprint density at radius 1 is 1.25 bits per heavy atom. The first-order chi connectivity index (χ1) is 11.5. The third-order valence-corrected chi connectivity index (χ3v) is 3.45. The molecule has 122 valence electrons. The predicted molar refractivity (Wildman–Crippen MR) is 90.5 cm³/mol. The molecule has 1 aromatic carbocycles. The molecule has 24 heavy (non-hydrogen) atoms. The number of nitrogens with zero attached hydrogens (tertiary/aromatic N) is 4. The number of hydrogen-bond donors (Lipinski definition) is 1. The van der Waals surface area contributed by atoms with Gasteiger partial charge in [0.2, 0.25) is 5.91 Å². The first kappa shape index (κ1) is 15.7. The van der Waals surface area contributed by atoms with Crippen LogP contribution >= 0.6 is 0 Å². The van der Waals surface area contributed by atoms with Crippen molar-refractivity contribution in [3.05, 3.63) is 64.7 Å². The van der Waals surface area contributed by atoms with Crippen LogP contribution in [0.3, 0.4) is 0 Å². The molecule has 2 aromatic heterocycles. The van der Waals surface area contributed by atoms with Crippen molar-refractivity contribution in [2.24, 2.45) is 7.05 Å². The number of hydrogen-bond acceptors (Lipinski definition) is 4. The summed E-state index contributed by atoms with van der Waals surface area (Å²) < 4.78 is 3.08. The smallest absolute Gasteiger partial charge is 0.267 e. The Morgan fingerprint density at radius 3 is 2.79 bits per heavy atom. The van der Waals surface area contributed by atoms with E-state index < -0.39 is 0 Å². The van der Waals surface area contributed by atoms with Crippen LogP contribution in [0.4, 0.5) is 5.69 Å². The van der Waals surface area contributed by atoms with Gasteiger partial charge in [-0.25, -0.2) is 4.68 Å². The lowest BCUT2D eigenvalue weighted by atomic mass is 10.2. The van der Waals surface area contributed by atoms with Crippen molar-refractivity contribution in [3.63, 3.8) is 0 Å². The van der Waals surface area contributed by atoms with Gasteiger partial charge < -0.3 is 5.32 Å². The van der Waals surface area contributed by atoms with Crippen LogP contribution in [0.1, 0.15) is 12.5 Å². The molecule has 3 aromatic rings. The fourth-order valence-corrected chi connectivity index (χ4v) is 2.39. The molecule has 0 saturated carbocycles. The molecule has 1 amide bonds. The molecule has 0 aliphatic carbocycles. The number of anilines is 1. The molecule has 7 heteroatoms. The van der Waals surface area contributed by atoms with E-state index in [4.69, 9.17) is 0 Å². The Bertz CT molecular complexity index is 942. The lowest BCUT2D eigenvalue weighted by Crippen LogP contribution is -2.22. The summed E-state index contributed by atoms with van der Waals surface area (Å²) in [5.41, 5.74) is 2.90. The van der Waals surface area contributed by atoms with E-state index in [0.717, 1.165) is 11.1 Å². The van der Waals surface area contributed by atoms with E-state index in [1.54, 1.807) is 23.0 Å². The van der Waals surface area contributed by atoms with E-state index in [1.165, 1.54) is 17.7 Å². The minimum Gasteiger partial charge on any atom is -0.326 e. The second-order valence-electron chi connectivity index (χ2n) is 5.50. The Labute approximate surface area is 138 Å². The van der Waals surface area contributed by atoms with Gasteiger partial charge in [0.25, 0.3) is 5.56 Å². The fraction of sp³-hybridized carbons (Fsp3) is 0.176. The normalized spacial score (nSPS) is 10.6. The average Bonchev–Trinajstić information content (AvgIpc) is 2.96. The number of rotatable bonds is 4. The number of aryl methyl sites for hydroxylation is 1. The van der Waals surface area contributed by atoms with Gasteiger partial charge in [0.05, 0.1) is 18.4 Å². The van der Waals surface area contributed by atoms with E-state index in [0.29, 0.717) is 17.9 Å². The zero-order valence-corrected chi connectivity index (χ0v) is 13.4. The molecule has 0 atom stereocenters. The van der Waals surface area contributed by atoms with Crippen molar-refractivity contribution in [1.82, 2.24) is 19.6 Å². The highest BCUT2D eigenvalue weighted by atomic mass is 16.1. The molecule has 1 N–H and O–H groups in total. The number of nitrogens with one attached hydrogen (secondary N) is 1. The first-order valence-corrected chi connectivity index (χ1v) is 7.45. The third-order valence-electron chi connectivity index (χ3n) is 3.45. The summed E-state index contributed by atoms with van der Waals surface area (Å²) in [4.78, 5) is 23.2. The maximum Gasteiger partial charge on any atom is 0.267 e. The lowest BCUT2D eigenvalue weighted by Gasteiger charge is -2.08. The molecule has 0 spiro atoms. The second kappa shape index (κ2) is 6.49. The molecule has 0 saturated heterocycles. The number of benzene rings is 1. The summed E-state index contributed by atoms with van der Waals surface area (Å²) in [7, 11) is 1.83. The van der Waals surface area contributed by atoms with Gasteiger partial charge in [-0.2, -0.15) is 10.2 Å². The van der Waals surface area contributed by atoms with Crippen molar-refractivity contribution in [2.75, 3.05) is 5.32 Å². The summed E-state index contributed by atoms with van der Waals surface area (Å²) in [5, 5.41) is 11.3. The van der Waals surface area contributed by atoms with E-state index in [9.17, 15) is 9.59 Å². The maximum absolute atomic E-state index is 12.1. The number of amides is 1. The van der Waals surface area contributed by atoms with Gasteiger partial charge in [0.15, 0.2) is 0 Å². The van der Waals surface area contributed by atoms with Crippen LogP contribution < -0.4 is 10.9 Å². The first-order valence-electron chi connectivity index (χ1n) is 7.45. The number of carbonyl (C=O) groups is 1. The molecule has 0 bridgehead atoms. The Hall–Kier alpha value is -3.22. The fourth-order valence-electron chi connectivity index (χ4n) is 2.39. The van der Waals surface area contributed by atoms with Gasteiger partial charge in [0.1, 0.15) is 0 Å². The molecule has 0 fully saturated rings. The highest BCUT2D eigenvalue weighted by molar-refractivity contribution is 5.88. The van der Waals surface area contributed by atoms with Gasteiger partial charge in [0, 0.05) is 37.5 Å². The minimum absolute atomic E-state index is 0.138. The molecule has 0 unspecified atom stereocenters. The van der Waals surface area contributed by atoms with Crippen molar-refractivity contribution < 1.29 is 4.79 Å². The van der Waals surface area contributed by atoms with Crippen LogP contribution in [0.15, 0.2) is 53.6 Å². The average molecular weight is 323 g/mol. The number of aromatic nitrogens is 4. The van der Waals surface area contributed by atoms with Gasteiger partial charge in [-0.3, -0.25) is 14.3 Å². The molecule has 0 aliphatic heterocycles. The summed E-state index contributed by atoms with van der Waals surface area (Å²) in [5.74, 6) is -0.138. The summed E-state index contributed by atoms with van der Waals surface area (Å²) in [6.45, 7) is 1.77. The van der Waals surface area contributed by atoms with Gasteiger partial charge in [-0.1, -0.05) is 12.1 Å². The highest BCUT2D eigenvalue weighted by Crippen LogP contribution is 2.15. The van der Waals surface area contributed by atoms with Crippen molar-refractivity contribution >= 4 is 11.6 Å². The Morgan fingerprint density at radius 2 is 2.08 bits per heavy atom. The van der Waals surface area contributed by atoms with E-state index in [-0.39, 0.29) is 11.5 Å². The third kappa shape index (κ3) is 3.57. The van der Waals surface area contributed by atoms with E-state index in [2.05, 4.69) is 15.5 Å². The van der Waals surface area contributed by atoms with Crippen LogP contribution in [-0.4, -0.2) is 25.5 Å². The second-order valence-corrected chi connectivity index (χ2v) is 5.50. The van der Waals surface area contributed by atoms with Gasteiger partial charge in [-0.05, 0) is 23.8 Å². The predicted octanol–water partition coefficient (Wildman–Crippen LogP) is 1.65. The van der Waals surface area contributed by atoms with Crippen molar-refractivity contribution in [2.45, 2.75) is 13.5 Å². The van der Waals surface area contributed by atoms with Crippen LogP contribution in [0.25, 0.3) is 11.3 Å². The molecule has 3 rings (SSSR count). The quantitative estimate of drug-likeness (QED) is 0.791. The van der Waals surface area contributed by atoms with Crippen molar-refractivity contribution in [1.29, 1.82) is 0 Å². The topological polar surface area (TPSA) is 81.8 Å². The summed E-state index contributed by atoms with van der Waals surface area (Å²) in [6.07, 6.45) is 3.54. The summed E-state index contributed by atoms with van der Waals surface area (Å²) >= 11 is 0. The molecule has 0 aliphatic rings. The zero-order chi connectivity index (χ0) is 17.1. The van der Waals surface area contributed by atoms with Crippen LogP contribution in [-0.2, 0) is 18.4 Å². The van der Waals surface area contributed by atoms with E-state index >= 15 is 0 Å². The molecule has 2 heterocycles. The molecular formula is C17H17N5O2. The van der Waals surface area contributed by atoms with Crippen LogP contribution in [0, 0.1) is 0 Å². The lowest BCUT2D eigenvalue weighted by molar-refractivity contribution is -0.114. The largest absolute Gasteiger partial charge is 0.326 e. The SMILES string of the molecule is CC(=O)Nc1cccc(Cn2nc(-c3cnn(C)c3)ccc2=O)c1.